The second kappa shape index (κ2) is 12.8. The fourth-order valence-electron chi connectivity index (χ4n) is 5.07. The van der Waals surface area contributed by atoms with Crippen LogP contribution in [0.15, 0.2) is 0 Å². The smallest absolute Gasteiger partial charge is 0.185 e. The van der Waals surface area contributed by atoms with E-state index in [2.05, 4.69) is 0 Å². The van der Waals surface area contributed by atoms with Crippen LogP contribution in [0.4, 0.5) is 22.4 Å². The van der Waals surface area contributed by atoms with Gasteiger partial charge in [-0.1, -0.05) is 0 Å². The zero-order valence-corrected chi connectivity index (χ0v) is 19.7. The van der Waals surface area contributed by atoms with Gasteiger partial charge in [-0.2, -0.15) is 22.2 Å². The Morgan fingerprint density at radius 1 is 0.944 bits per heavy atom. The molecule has 1 aliphatic carbocycles. The summed E-state index contributed by atoms with van der Waals surface area (Å²) in [7, 11) is 0.971. The van der Waals surface area contributed by atoms with Crippen LogP contribution in [0.3, 0.4) is 0 Å². The third-order valence-corrected chi connectivity index (χ3v) is 6.90. The topological polar surface area (TPSA) is 149 Å². The van der Waals surface area contributed by atoms with E-state index in [-0.39, 0.29) is 30.9 Å². The van der Waals surface area contributed by atoms with E-state index < -0.39 is 79.5 Å². The standard InChI is InChI=1S/C19H34F5N5O7/c1-19(32)7-33-18(13(31)16(19)29(2)24)36-15-11(28-23)5-10(27-22)14(12(15)30)35-17-9(26-21)4-3-8(34-17)6-25-20/h8-18,25-28,30-32H,3-7H2,1-2H3. The largest absolute Gasteiger partial charge is 0.388 e. The highest BCUT2D eigenvalue weighted by atomic mass is 19.2. The summed E-state index contributed by atoms with van der Waals surface area (Å²) in [6.07, 6.45) is -10.2. The Morgan fingerprint density at radius 2 is 1.53 bits per heavy atom. The van der Waals surface area contributed by atoms with Crippen molar-refractivity contribution in [2.24, 2.45) is 0 Å². The maximum Gasteiger partial charge on any atom is 0.185 e. The van der Waals surface area contributed by atoms with Gasteiger partial charge in [0.15, 0.2) is 12.6 Å². The van der Waals surface area contributed by atoms with E-state index in [0.717, 1.165) is 7.05 Å². The van der Waals surface area contributed by atoms with Crippen LogP contribution >= 0.6 is 0 Å². The number of hydrogen-bond donors (Lipinski definition) is 7. The molecule has 0 radical (unpaired) electrons. The lowest BCUT2D eigenvalue weighted by atomic mass is 9.84. The molecule has 0 amide bonds. The lowest BCUT2D eigenvalue weighted by molar-refractivity contribution is -0.327. The van der Waals surface area contributed by atoms with Crippen LogP contribution in [0.1, 0.15) is 26.2 Å². The van der Waals surface area contributed by atoms with Crippen molar-refractivity contribution in [1.29, 1.82) is 0 Å². The highest BCUT2D eigenvalue weighted by Gasteiger charge is 2.54. The van der Waals surface area contributed by atoms with Gasteiger partial charge < -0.3 is 34.3 Å². The van der Waals surface area contributed by atoms with Gasteiger partial charge >= 0.3 is 0 Å². The number of aliphatic hydroxyl groups excluding tert-OH is 2. The van der Waals surface area contributed by atoms with Crippen LogP contribution in [0.25, 0.3) is 0 Å². The number of likely N-dealkylation sites (N-methyl/N-ethyl adjacent to an activating group) is 1. The summed E-state index contributed by atoms with van der Waals surface area (Å²) in [6.45, 7) is 0.547. The number of nitrogens with zero attached hydrogens (tertiary/aromatic N) is 1. The molecule has 0 spiro atoms. The van der Waals surface area contributed by atoms with E-state index >= 15 is 0 Å². The summed E-state index contributed by atoms with van der Waals surface area (Å²) in [4.78, 5) is 0. The van der Waals surface area contributed by atoms with E-state index in [9.17, 15) is 37.7 Å². The van der Waals surface area contributed by atoms with Gasteiger partial charge in [0.1, 0.15) is 36.1 Å². The van der Waals surface area contributed by atoms with Crippen molar-refractivity contribution < 1.29 is 56.7 Å². The Kier molecular flexibility index (Phi) is 10.6. The van der Waals surface area contributed by atoms with Gasteiger partial charge in [-0.15, -0.1) is 27.5 Å². The van der Waals surface area contributed by atoms with Crippen molar-refractivity contribution in [1.82, 2.24) is 27.3 Å². The first-order valence-corrected chi connectivity index (χ1v) is 11.5. The summed E-state index contributed by atoms with van der Waals surface area (Å²) < 4.78 is 89.4. The molecule has 0 aromatic carbocycles. The number of halogens is 5. The average Bonchev–Trinajstić information content (AvgIpc) is 2.83. The van der Waals surface area contributed by atoms with Gasteiger partial charge in [0.25, 0.3) is 0 Å². The average molecular weight is 539 g/mol. The Labute approximate surface area is 204 Å². The molecule has 2 saturated heterocycles. The van der Waals surface area contributed by atoms with Crippen molar-refractivity contribution in [3.63, 3.8) is 0 Å². The molecular formula is C19H34F5N5O7. The molecule has 7 N–H and O–H groups in total. The summed E-state index contributed by atoms with van der Waals surface area (Å²) in [5.74, 6) is 0. The van der Waals surface area contributed by atoms with Gasteiger partial charge in [0, 0.05) is 7.05 Å². The van der Waals surface area contributed by atoms with Crippen LogP contribution in [0, 0.1) is 0 Å². The number of ether oxygens (including phenoxy) is 4. The Balaban J connectivity index is 1.78. The monoisotopic (exact) mass is 539 g/mol. The van der Waals surface area contributed by atoms with Gasteiger partial charge in [0.2, 0.25) is 0 Å². The van der Waals surface area contributed by atoms with Crippen molar-refractivity contribution in [3.8, 4) is 0 Å². The summed E-state index contributed by atoms with van der Waals surface area (Å²) in [6, 6.07) is -5.19. The number of rotatable bonds is 10. The van der Waals surface area contributed by atoms with Crippen molar-refractivity contribution in [2.75, 3.05) is 20.2 Å². The molecule has 1 saturated carbocycles. The normalized spacial score (nSPS) is 46.2. The van der Waals surface area contributed by atoms with Crippen molar-refractivity contribution in [3.05, 3.63) is 0 Å². The SMILES string of the molecule is CN(F)C1C(O)C(OC2C(NF)CC(NF)C(OC3OC(CNF)CCC3NF)C2O)OCC1(C)O. The molecule has 0 aromatic heterocycles. The van der Waals surface area contributed by atoms with Crippen LogP contribution in [-0.2, 0) is 18.9 Å². The molecule has 212 valence electrons. The molecule has 36 heavy (non-hydrogen) atoms. The van der Waals surface area contributed by atoms with Crippen molar-refractivity contribution >= 4 is 0 Å². The molecule has 0 bridgehead atoms. The fraction of sp³-hybridized carbons (Fsp3) is 1.00. The fourth-order valence-corrected chi connectivity index (χ4v) is 5.07. The van der Waals surface area contributed by atoms with Crippen LogP contribution in [0.5, 0.6) is 0 Å². The molecule has 0 aromatic rings. The quantitative estimate of drug-likeness (QED) is 0.130. The van der Waals surface area contributed by atoms with Gasteiger partial charge in [-0.25, -0.2) is 0 Å². The maximum atomic E-state index is 14.0. The Bertz CT molecular complexity index is 692. The first-order chi connectivity index (χ1) is 17.1. The van der Waals surface area contributed by atoms with Crippen LogP contribution in [-0.4, -0.2) is 114 Å². The second-order valence-corrected chi connectivity index (χ2v) is 9.61. The summed E-state index contributed by atoms with van der Waals surface area (Å²) in [5.41, 5.74) is 3.94. The molecule has 2 heterocycles. The summed E-state index contributed by atoms with van der Waals surface area (Å²) >= 11 is 0. The summed E-state index contributed by atoms with van der Waals surface area (Å²) in [5, 5.41) is 32.0. The molecule has 3 rings (SSSR count). The second-order valence-electron chi connectivity index (χ2n) is 9.61. The minimum Gasteiger partial charge on any atom is -0.388 e. The van der Waals surface area contributed by atoms with Crippen molar-refractivity contribution in [2.45, 2.75) is 99.1 Å². The number of aliphatic hydroxyl groups is 3. The zero-order chi connectivity index (χ0) is 26.6. The van der Waals surface area contributed by atoms with E-state index in [1.165, 1.54) is 29.1 Å². The first kappa shape index (κ1) is 29.7. The minimum atomic E-state index is -1.81. The van der Waals surface area contributed by atoms with Crippen LogP contribution < -0.4 is 22.2 Å². The molecule has 3 aliphatic rings. The third-order valence-electron chi connectivity index (χ3n) is 6.90. The molecule has 12 atom stereocenters. The van der Waals surface area contributed by atoms with Crippen LogP contribution in [0.2, 0.25) is 0 Å². The Morgan fingerprint density at radius 3 is 2.06 bits per heavy atom. The number of hydrogen-bond acceptors (Lipinski definition) is 12. The molecule has 2 aliphatic heterocycles. The molecular weight excluding hydrogens is 505 g/mol. The predicted molar refractivity (Wildman–Crippen MR) is 111 cm³/mol. The highest BCUT2D eigenvalue weighted by molar-refractivity contribution is 5.02. The lowest BCUT2D eigenvalue weighted by Gasteiger charge is -2.49. The highest BCUT2D eigenvalue weighted by Crippen LogP contribution is 2.34. The van der Waals surface area contributed by atoms with Gasteiger partial charge in [-0.05, 0) is 26.2 Å². The van der Waals surface area contributed by atoms with E-state index in [4.69, 9.17) is 18.9 Å². The zero-order valence-electron chi connectivity index (χ0n) is 19.7. The molecule has 17 heteroatoms. The van der Waals surface area contributed by atoms with Gasteiger partial charge in [-0.3, -0.25) is 0 Å². The minimum absolute atomic E-state index is 0.0773. The Hall–Kier alpha value is -0.830. The third kappa shape index (κ3) is 6.41. The first-order valence-electron chi connectivity index (χ1n) is 11.5. The van der Waals surface area contributed by atoms with Gasteiger partial charge in [0.05, 0.1) is 37.4 Å². The molecule has 3 fully saturated rings. The molecule has 12 unspecified atom stereocenters. The maximum absolute atomic E-state index is 14.0. The predicted octanol–water partition coefficient (Wildman–Crippen LogP) is -1.32. The van der Waals surface area contributed by atoms with E-state index in [1.54, 1.807) is 0 Å². The lowest BCUT2D eigenvalue weighted by Crippen LogP contribution is -2.68. The van der Waals surface area contributed by atoms with E-state index in [0.29, 0.717) is 0 Å². The number of nitrogens with one attached hydrogen (secondary N) is 4. The van der Waals surface area contributed by atoms with E-state index in [1.807, 2.05) is 0 Å². The molecule has 12 nitrogen and oxygen atoms in total.